The van der Waals surface area contributed by atoms with Gasteiger partial charge in [-0.05, 0) is 20.8 Å². The van der Waals surface area contributed by atoms with Crippen LogP contribution in [0.15, 0.2) is 6.07 Å². The molecule has 0 saturated carbocycles. The van der Waals surface area contributed by atoms with E-state index in [1.165, 1.54) is 0 Å². The third-order valence-corrected chi connectivity index (χ3v) is 1.88. The zero-order valence-corrected chi connectivity index (χ0v) is 10.3. The fourth-order valence-electron chi connectivity index (χ4n) is 1.18. The van der Waals surface area contributed by atoms with Crippen LogP contribution >= 0.6 is 0 Å². The molecule has 5 nitrogen and oxygen atoms in total. The number of methoxy groups -OCH3 is 1. The smallest absolute Gasteiger partial charge is 0.226 e. The Kier molecular flexibility index (Phi) is 4.98. The van der Waals surface area contributed by atoms with Crippen LogP contribution in [0.25, 0.3) is 0 Å². The Bertz CT molecular complexity index is 329. The first-order valence-electron chi connectivity index (χ1n) is 5.37. The Labute approximate surface area is 96.2 Å². The molecule has 0 spiro atoms. The minimum atomic E-state index is 0.245. The molecule has 16 heavy (non-hydrogen) atoms. The molecule has 5 heteroatoms. The first-order valence-corrected chi connectivity index (χ1v) is 5.37. The second-order valence-electron chi connectivity index (χ2n) is 3.72. The summed E-state index contributed by atoms with van der Waals surface area (Å²) in [4.78, 5) is 8.41. The summed E-state index contributed by atoms with van der Waals surface area (Å²) in [5.41, 5.74) is 0.874. The Morgan fingerprint density at radius 1 is 1.38 bits per heavy atom. The van der Waals surface area contributed by atoms with Crippen molar-refractivity contribution in [3.8, 4) is 5.88 Å². The molecule has 0 aliphatic carbocycles. The number of nitrogens with zero attached hydrogens (tertiary/aromatic N) is 2. The van der Waals surface area contributed by atoms with Gasteiger partial charge >= 0.3 is 0 Å². The molecule has 1 rings (SSSR count). The molecule has 0 aliphatic rings. The molecular formula is C11H19N3O2. The number of rotatable bonds is 6. The standard InChI is InChI=1S/C11H19N3O2/c1-8(2)16-6-5-12-11-13-9(3)7-10(14-11)15-4/h7-8H,5-6H2,1-4H3,(H,12,13,14). The van der Waals surface area contributed by atoms with Crippen LogP contribution in [0.1, 0.15) is 19.5 Å². The zero-order chi connectivity index (χ0) is 12.0. The van der Waals surface area contributed by atoms with Gasteiger partial charge in [-0.15, -0.1) is 0 Å². The number of hydrogen-bond acceptors (Lipinski definition) is 5. The number of aromatic nitrogens is 2. The summed E-state index contributed by atoms with van der Waals surface area (Å²) in [6.07, 6.45) is 0.245. The van der Waals surface area contributed by atoms with Crippen molar-refractivity contribution in [2.24, 2.45) is 0 Å². The highest BCUT2D eigenvalue weighted by Gasteiger charge is 2.01. The van der Waals surface area contributed by atoms with Crippen LogP contribution in [0.4, 0.5) is 5.95 Å². The van der Waals surface area contributed by atoms with Gasteiger partial charge in [-0.25, -0.2) is 4.98 Å². The van der Waals surface area contributed by atoms with E-state index >= 15 is 0 Å². The molecule has 0 amide bonds. The van der Waals surface area contributed by atoms with E-state index < -0.39 is 0 Å². The fourth-order valence-corrected chi connectivity index (χ4v) is 1.18. The van der Waals surface area contributed by atoms with E-state index in [2.05, 4.69) is 15.3 Å². The van der Waals surface area contributed by atoms with Crippen LogP contribution in [0.5, 0.6) is 5.88 Å². The minimum Gasteiger partial charge on any atom is -0.481 e. The summed E-state index contributed by atoms with van der Waals surface area (Å²) >= 11 is 0. The van der Waals surface area contributed by atoms with Crippen LogP contribution in [-0.2, 0) is 4.74 Å². The largest absolute Gasteiger partial charge is 0.481 e. The first kappa shape index (κ1) is 12.7. The normalized spacial score (nSPS) is 10.6. The lowest BCUT2D eigenvalue weighted by Crippen LogP contribution is -2.15. The van der Waals surface area contributed by atoms with E-state index in [1.54, 1.807) is 13.2 Å². The second kappa shape index (κ2) is 6.27. The second-order valence-corrected chi connectivity index (χ2v) is 3.72. The summed E-state index contributed by atoms with van der Waals surface area (Å²) in [5.74, 6) is 1.14. The van der Waals surface area contributed by atoms with Crippen molar-refractivity contribution in [3.63, 3.8) is 0 Å². The molecule has 0 saturated heterocycles. The summed E-state index contributed by atoms with van der Waals surface area (Å²) in [6, 6.07) is 1.79. The van der Waals surface area contributed by atoms with E-state index in [0.717, 1.165) is 5.69 Å². The van der Waals surface area contributed by atoms with Gasteiger partial charge in [-0.2, -0.15) is 4.98 Å². The van der Waals surface area contributed by atoms with Gasteiger partial charge in [0.05, 0.1) is 19.8 Å². The Morgan fingerprint density at radius 2 is 2.12 bits per heavy atom. The van der Waals surface area contributed by atoms with Gasteiger partial charge in [0.25, 0.3) is 0 Å². The van der Waals surface area contributed by atoms with Crippen molar-refractivity contribution < 1.29 is 9.47 Å². The van der Waals surface area contributed by atoms with E-state index in [0.29, 0.717) is 25.0 Å². The van der Waals surface area contributed by atoms with E-state index in [9.17, 15) is 0 Å². The molecule has 90 valence electrons. The van der Waals surface area contributed by atoms with Crippen LogP contribution in [0.3, 0.4) is 0 Å². The van der Waals surface area contributed by atoms with Crippen molar-refractivity contribution in [2.45, 2.75) is 26.9 Å². The van der Waals surface area contributed by atoms with E-state index in [4.69, 9.17) is 9.47 Å². The lowest BCUT2D eigenvalue weighted by molar-refractivity contribution is 0.0869. The molecule has 0 aromatic carbocycles. The molecule has 1 aromatic heterocycles. The third kappa shape index (κ3) is 4.44. The molecular weight excluding hydrogens is 206 g/mol. The van der Waals surface area contributed by atoms with Gasteiger partial charge < -0.3 is 14.8 Å². The monoisotopic (exact) mass is 225 g/mol. The molecule has 0 radical (unpaired) electrons. The Balaban J connectivity index is 2.44. The highest BCUT2D eigenvalue weighted by atomic mass is 16.5. The topological polar surface area (TPSA) is 56.3 Å². The molecule has 1 N–H and O–H groups in total. The van der Waals surface area contributed by atoms with Crippen molar-refractivity contribution in [1.29, 1.82) is 0 Å². The number of aryl methyl sites for hydroxylation is 1. The summed E-state index contributed by atoms with van der Waals surface area (Å²) in [5, 5.41) is 3.09. The van der Waals surface area contributed by atoms with Gasteiger partial charge in [-0.3, -0.25) is 0 Å². The number of nitrogens with one attached hydrogen (secondary N) is 1. The third-order valence-electron chi connectivity index (χ3n) is 1.88. The quantitative estimate of drug-likeness (QED) is 0.746. The highest BCUT2D eigenvalue weighted by Crippen LogP contribution is 2.10. The van der Waals surface area contributed by atoms with Gasteiger partial charge in [0.2, 0.25) is 11.8 Å². The van der Waals surface area contributed by atoms with Gasteiger partial charge in [0.15, 0.2) is 0 Å². The van der Waals surface area contributed by atoms with E-state index in [-0.39, 0.29) is 6.10 Å². The molecule has 1 heterocycles. The van der Waals surface area contributed by atoms with E-state index in [1.807, 2.05) is 20.8 Å². The lowest BCUT2D eigenvalue weighted by Gasteiger charge is -2.09. The molecule has 1 aromatic rings. The van der Waals surface area contributed by atoms with Crippen LogP contribution in [-0.4, -0.2) is 36.3 Å². The molecule has 0 unspecified atom stereocenters. The molecule has 0 fully saturated rings. The predicted octanol–water partition coefficient (Wildman–Crippen LogP) is 1.63. The lowest BCUT2D eigenvalue weighted by atomic mass is 10.4. The predicted molar refractivity (Wildman–Crippen MR) is 62.9 cm³/mol. The van der Waals surface area contributed by atoms with Crippen molar-refractivity contribution in [1.82, 2.24) is 9.97 Å². The van der Waals surface area contributed by atoms with Gasteiger partial charge in [0.1, 0.15) is 0 Å². The fraction of sp³-hybridized carbons (Fsp3) is 0.636. The summed E-state index contributed by atoms with van der Waals surface area (Å²) < 4.78 is 10.5. The average molecular weight is 225 g/mol. The van der Waals surface area contributed by atoms with Crippen molar-refractivity contribution in [2.75, 3.05) is 25.6 Å². The van der Waals surface area contributed by atoms with Crippen molar-refractivity contribution >= 4 is 5.95 Å². The molecule has 0 aliphatic heterocycles. The van der Waals surface area contributed by atoms with Crippen LogP contribution in [0.2, 0.25) is 0 Å². The molecule has 0 bridgehead atoms. The maximum absolute atomic E-state index is 5.40. The van der Waals surface area contributed by atoms with Crippen LogP contribution in [0, 0.1) is 6.92 Å². The maximum atomic E-state index is 5.40. The average Bonchev–Trinajstić information content (AvgIpc) is 2.23. The van der Waals surface area contributed by atoms with Gasteiger partial charge in [-0.1, -0.05) is 0 Å². The molecule has 0 atom stereocenters. The maximum Gasteiger partial charge on any atom is 0.226 e. The number of ether oxygens (including phenoxy) is 2. The minimum absolute atomic E-state index is 0.245. The summed E-state index contributed by atoms with van der Waals surface area (Å²) in [6.45, 7) is 7.24. The van der Waals surface area contributed by atoms with Gasteiger partial charge in [0, 0.05) is 18.3 Å². The first-order chi connectivity index (χ1) is 7.61. The van der Waals surface area contributed by atoms with Crippen molar-refractivity contribution in [3.05, 3.63) is 11.8 Å². The Hall–Kier alpha value is -1.36. The summed E-state index contributed by atoms with van der Waals surface area (Å²) in [7, 11) is 1.59. The number of anilines is 1. The Morgan fingerprint density at radius 3 is 2.75 bits per heavy atom. The zero-order valence-electron chi connectivity index (χ0n) is 10.3. The number of hydrogen-bond donors (Lipinski definition) is 1. The SMILES string of the molecule is COc1cc(C)nc(NCCOC(C)C)n1. The highest BCUT2D eigenvalue weighted by molar-refractivity contribution is 5.30. The van der Waals surface area contributed by atoms with Crippen LogP contribution < -0.4 is 10.1 Å².